The van der Waals surface area contributed by atoms with E-state index in [1.807, 2.05) is 6.07 Å². The average molecular weight is 204 g/mol. The molecule has 78 valence electrons. The minimum Gasteiger partial charge on any atom is -0.307 e. The van der Waals surface area contributed by atoms with Crippen LogP contribution in [0.25, 0.3) is 0 Å². The molecule has 1 aromatic carbocycles. The zero-order valence-electron chi connectivity index (χ0n) is 8.32. The Labute approximate surface area is 87.4 Å². The molecule has 3 rings (SSSR count). The summed E-state index contributed by atoms with van der Waals surface area (Å²) in [5.41, 5.74) is 2.81. The first-order valence-electron chi connectivity index (χ1n) is 5.24. The fourth-order valence-electron chi connectivity index (χ4n) is 2.47. The van der Waals surface area contributed by atoms with E-state index in [1.54, 1.807) is 12.1 Å². The minimum absolute atomic E-state index is 0.169. The van der Waals surface area contributed by atoms with Crippen LogP contribution in [0.1, 0.15) is 24.0 Å². The van der Waals surface area contributed by atoms with Crippen LogP contribution in [0, 0.1) is 10.1 Å². The van der Waals surface area contributed by atoms with Gasteiger partial charge in [0.1, 0.15) is 0 Å². The number of non-ortho nitro benzene ring substituents is 1. The summed E-state index contributed by atoms with van der Waals surface area (Å²) in [6.07, 6.45) is 3.23. The van der Waals surface area contributed by atoms with Crippen molar-refractivity contribution in [1.82, 2.24) is 5.32 Å². The highest BCUT2D eigenvalue weighted by Gasteiger charge is 2.46. The van der Waals surface area contributed by atoms with E-state index in [9.17, 15) is 10.1 Å². The molecule has 1 N–H and O–H groups in total. The summed E-state index contributed by atoms with van der Waals surface area (Å²) in [6, 6.07) is 5.27. The Morgan fingerprint density at radius 3 is 2.87 bits per heavy atom. The summed E-state index contributed by atoms with van der Waals surface area (Å²) in [7, 11) is 0. The summed E-state index contributed by atoms with van der Waals surface area (Å²) in [4.78, 5) is 10.3. The topological polar surface area (TPSA) is 55.2 Å². The number of hydrogen-bond acceptors (Lipinski definition) is 3. The largest absolute Gasteiger partial charge is 0.307 e. The monoisotopic (exact) mass is 204 g/mol. The second kappa shape index (κ2) is 2.79. The van der Waals surface area contributed by atoms with E-state index in [1.165, 1.54) is 5.56 Å². The third-order valence-corrected chi connectivity index (χ3v) is 3.42. The highest BCUT2D eigenvalue weighted by Crippen LogP contribution is 2.48. The van der Waals surface area contributed by atoms with Crippen molar-refractivity contribution in [2.75, 3.05) is 6.54 Å². The van der Waals surface area contributed by atoms with Crippen LogP contribution in [0.3, 0.4) is 0 Å². The molecule has 0 aromatic heterocycles. The van der Waals surface area contributed by atoms with E-state index in [-0.39, 0.29) is 16.1 Å². The summed E-state index contributed by atoms with van der Waals surface area (Å²) in [5, 5.41) is 14.2. The van der Waals surface area contributed by atoms with Crippen LogP contribution >= 0.6 is 0 Å². The standard InChI is InChI=1S/C11H12N2O2/c14-13(15)9-1-2-10-8(7-9)3-6-12-11(10)4-5-11/h1-2,7,12H,3-6H2. The number of nitrogens with zero attached hydrogens (tertiary/aromatic N) is 1. The fraction of sp³-hybridized carbons (Fsp3) is 0.455. The van der Waals surface area contributed by atoms with Gasteiger partial charge in [-0.1, -0.05) is 6.07 Å². The molecule has 1 aromatic rings. The number of fused-ring (bicyclic) bond motifs is 2. The van der Waals surface area contributed by atoms with Crippen LogP contribution in [-0.4, -0.2) is 11.5 Å². The minimum atomic E-state index is -0.318. The van der Waals surface area contributed by atoms with Crippen LogP contribution in [0.4, 0.5) is 5.69 Å². The summed E-state index contributed by atoms with van der Waals surface area (Å²) < 4.78 is 0. The van der Waals surface area contributed by atoms with E-state index in [0.29, 0.717) is 0 Å². The molecule has 2 aliphatic rings. The van der Waals surface area contributed by atoms with E-state index in [2.05, 4.69) is 5.32 Å². The Balaban J connectivity index is 2.09. The number of nitrogens with one attached hydrogen (secondary N) is 1. The predicted octanol–water partition coefficient (Wildman–Crippen LogP) is 1.73. The molecular weight excluding hydrogens is 192 g/mol. The molecule has 0 amide bonds. The van der Waals surface area contributed by atoms with Crippen LogP contribution in [0.2, 0.25) is 0 Å². The lowest BCUT2D eigenvalue weighted by molar-refractivity contribution is -0.384. The van der Waals surface area contributed by atoms with Gasteiger partial charge < -0.3 is 5.32 Å². The van der Waals surface area contributed by atoms with Gasteiger partial charge in [-0.3, -0.25) is 10.1 Å². The molecule has 1 aliphatic heterocycles. The van der Waals surface area contributed by atoms with Gasteiger partial charge in [-0.15, -0.1) is 0 Å². The van der Waals surface area contributed by atoms with Gasteiger partial charge >= 0.3 is 0 Å². The quantitative estimate of drug-likeness (QED) is 0.560. The van der Waals surface area contributed by atoms with E-state index in [0.717, 1.165) is 31.4 Å². The first kappa shape index (κ1) is 8.85. The SMILES string of the molecule is O=[N+]([O-])c1ccc2c(c1)CCNC21CC1. The van der Waals surface area contributed by atoms with Gasteiger partial charge in [-0.25, -0.2) is 0 Å². The molecule has 1 fully saturated rings. The molecule has 4 nitrogen and oxygen atoms in total. The fourth-order valence-corrected chi connectivity index (χ4v) is 2.47. The molecule has 15 heavy (non-hydrogen) atoms. The smallest absolute Gasteiger partial charge is 0.269 e. The maximum atomic E-state index is 10.7. The van der Waals surface area contributed by atoms with E-state index in [4.69, 9.17) is 0 Å². The van der Waals surface area contributed by atoms with Gasteiger partial charge in [0.2, 0.25) is 0 Å². The zero-order valence-corrected chi connectivity index (χ0v) is 8.32. The molecular formula is C11H12N2O2. The molecule has 1 heterocycles. The number of nitro groups is 1. The Hall–Kier alpha value is -1.42. The van der Waals surface area contributed by atoms with Gasteiger partial charge in [0.25, 0.3) is 5.69 Å². The summed E-state index contributed by atoms with van der Waals surface area (Å²) in [6.45, 7) is 0.939. The van der Waals surface area contributed by atoms with Crippen molar-refractivity contribution >= 4 is 5.69 Å². The number of hydrogen-bond donors (Lipinski definition) is 1. The Morgan fingerprint density at radius 1 is 1.40 bits per heavy atom. The second-order valence-corrected chi connectivity index (χ2v) is 4.36. The van der Waals surface area contributed by atoms with Crippen LogP contribution in [0.15, 0.2) is 18.2 Å². The maximum Gasteiger partial charge on any atom is 0.269 e. The van der Waals surface area contributed by atoms with E-state index < -0.39 is 0 Å². The molecule has 1 aliphatic carbocycles. The molecule has 4 heteroatoms. The zero-order chi connectivity index (χ0) is 10.5. The summed E-state index contributed by atoms with van der Waals surface area (Å²) >= 11 is 0. The lowest BCUT2D eigenvalue weighted by Gasteiger charge is -2.26. The molecule has 0 atom stereocenters. The van der Waals surface area contributed by atoms with Crippen LogP contribution in [-0.2, 0) is 12.0 Å². The lowest BCUT2D eigenvalue weighted by atomic mass is 9.92. The Bertz CT molecular complexity index is 438. The van der Waals surface area contributed by atoms with Crippen LogP contribution < -0.4 is 5.32 Å². The van der Waals surface area contributed by atoms with Gasteiger partial charge in [0.05, 0.1) is 4.92 Å². The normalized spacial score (nSPS) is 21.1. The first-order chi connectivity index (χ1) is 7.21. The van der Waals surface area contributed by atoms with Gasteiger partial charge in [0.15, 0.2) is 0 Å². The molecule has 0 radical (unpaired) electrons. The molecule has 1 spiro atoms. The summed E-state index contributed by atoms with van der Waals surface area (Å²) in [5.74, 6) is 0. The lowest BCUT2D eigenvalue weighted by Crippen LogP contribution is -2.36. The first-order valence-corrected chi connectivity index (χ1v) is 5.24. The number of nitro benzene ring substituents is 1. The highest BCUT2D eigenvalue weighted by atomic mass is 16.6. The molecule has 0 unspecified atom stereocenters. The van der Waals surface area contributed by atoms with E-state index >= 15 is 0 Å². The molecule has 0 saturated heterocycles. The van der Waals surface area contributed by atoms with Crippen molar-refractivity contribution in [2.45, 2.75) is 24.8 Å². The predicted molar refractivity (Wildman–Crippen MR) is 55.7 cm³/mol. The van der Waals surface area contributed by atoms with Crippen molar-refractivity contribution in [3.63, 3.8) is 0 Å². The molecule has 1 saturated carbocycles. The van der Waals surface area contributed by atoms with Crippen molar-refractivity contribution in [3.05, 3.63) is 39.4 Å². The van der Waals surface area contributed by atoms with Gasteiger partial charge in [-0.2, -0.15) is 0 Å². The van der Waals surface area contributed by atoms with Crippen molar-refractivity contribution in [3.8, 4) is 0 Å². The number of benzene rings is 1. The Kier molecular flexibility index (Phi) is 1.65. The third kappa shape index (κ3) is 1.25. The Morgan fingerprint density at radius 2 is 2.20 bits per heavy atom. The van der Waals surface area contributed by atoms with Crippen LogP contribution in [0.5, 0.6) is 0 Å². The molecule has 0 bridgehead atoms. The van der Waals surface area contributed by atoms with Crippen molar-refractivity contribution in [2.24, 2.45) is 0 Å². The van der Waals surface area contributed by atoms with Gasteiger partial charge in [-0.05, 0) is 30.4 Å². The van der Waals surface area contributed by atoms with Crippen molar-refractivity contribution < 1.29 is 4.92 Å². The number of rotatable bonds is 1. The highest BCUT2D eigenvalue weighted by molar-refractivity contribution is 5.46. The van der Waals surface area contributed by atoms with Crippen molar-refractivity contribution in [1.29, 1.82) is 0 Å². The second-order valence-electron chi connectivity index (χ2n) is 4.36. The van der Waals surface area contributed by atoms with Gasteiger partial charge in [0, 0.05) is 24.2 Å². The maximum absolute atomic E-state index is 10.7. The average Bonchev–Trinajstić information content (AvgIpc) is 2.98. The third-order valence-electron chi connectivity index (χ3n) is 3.42.